The molecule has 0 saturated heterocycles. The highest BCUT2D eigenvalue weighted by Crippen LogP contribution is 2.24. The van der Waals surface area contributed by atoms with Crippen LogP contribution in [-0.4, -0.2) is 61.8 Å². The third-order valence-corrected chi connectivity index (χ3v) is 4.85. The average molecular weight is 415 g/mol. The van der Waals surface area contributed by atoms with Crippen LogP contribution in [0.5, 0.6) is 5.88 Å². The first-order chi connectivity index (χ1) is 14.5. The Labute approximate surface area is 173 Å². The Morgan fingerprint density at radius 3 is 2.67 bits per heavy atom. The summed E-state index contributed by atoms with van der Waals surface area (Å²) >= 11 is 0. The molecule has 3 aromatic rings. The largest absolute Gasteiger partial charge is 0.475 e. The molecule has 11 heteroatoms. The molecule has 0 radical (unpaired) electrons. The number of ether oxygens (including phenoxy) is 1. The molecule has 2 aromatic heterocycles. The van der Waals surface area contributed by atoms with E-state index in [9.17, 15) is 14.9 Å². The molecular weight excluding hydrogens is 390 g/mol. The number of carbonyl (C=O) groups excluding carboxylic acids is 1. The zero-order valence-corrected chi connectivity index (χ0v) is 17.2. The lowest BCUT2D eigenvalue weighted by Crippen LogP contribution is -2.28. The third kappa shape index (κ3) is 4.57. The lowest BCUT2D eigenvalue weighted by atomic mass is 10.3. The molecule has 0 saturated carbocycles. The predicted octanol–water partition coefficient (Wildman–Crippen LogP) is 2.13. The van der Waals surface area contributed by atoms with Crippen molar-refractivity contribution in [1.82, 2.24) is 24.2 Å². The molecule has 0 unspecified atom stereocenters. The summed E-state index contributed by atoms with van der Waals surface area (Å²) < 4.78 is 8.04. The topological polar surface area (TPSA) is 120 Å². The van der Waals surface area contributed by atoms with E-state index in [-0.39, 0.29) is 18.1 Å². The zero-order chi connectivity index (χ0) is 21.7. The summed E-state index contributed by atoms with van der Waals surface area (Å²) in [5, 5.41) is 17.8. The minimum Gasteiger partial charge on any atom is -0.475 e. The summed E-state index contributed by atoms with van der Waals surface area (Å²) in [4.78, 5) is 29.9. The SMILES string of the molecule is CCN(CC)CCn1c(NC(=O)Cn2cc([N+](=O)[O-])c(OC)n2)nc2ccccc21. The Morgan fingerprint density at radius 2 is 2.03 bits per heavy atom. The average Bonchev–Trinajstić information content (AvgIpc) is 3.29. The number of hydrogen-bond acceptors (Lipinski definition) is 7. The number of amides is 1. The molecule has 0 aliphatic heterocycles. The number of carbonyl (C=O) groups is 1. The molecule has 1 N–H and O–H groups in total. The van der Waals surface area contributed by atoms with Crippen molar-refractivity contribution in [3.63, 3.8) is 0 Å². The number of anilines is 1. The second-order valence-electron chi connectivity index (χ2n) is 6.63. The molecule has 1 aromatic carbocycles. The van der Waals surface area contributed by atoms with E-state index in [1.54, 1.807) is 0 Å². The number of hydrogen-bond donors (Lipinski definition) is 1. The molecule has 3 rings (SSSR count). The number of nitro groups is 1. The zero-order valence-electron chi connectivity index (χ0n) is 17.2. The van der Waals surface area contributed by atoms with E-state index in [1.165, 1.54) is 18.0 Å². The van der Waals surface area contributed by atoms with E-state index in [0.717, 1.165) is 30.7 Å². The number of nitrogens with zero attached hydrogens (tertiary/aromatic N) is 6. The summed E-state index contributed by atoms with van der Waals surface area (Å²) in [6.07, 6.45) is 1.17. The van der Waals surface area contributed by atoms with Crippen LogP contribution in [0.2, 0.25) is 0 Å². The number of aromatic nitrogens is 4. The monoisotopic (exact) mass is 415 g/mol. The van der Waals surface area contributed by atoms with Crippen molar-refractivity contribution >= 4 is 28.6 Å². The van der Waals surface area contributed by atoms with Gasteiger partial charge in [-0.2, -0.15) is 0 Å². The second kappa shape index (κ2) is 9.35. The van der Waals surface area contributed by atoms with Crippen molar-refractivity contribution in [2.24, 2.45) is 0 Å². The number of rotatable bonds is 10. The first kappa shape index (κ1) is 21.2. The van der Waals surface area contributed by atoms with Crippen LogP contribution in [0.1, 0.15) is 13.8 Å². The quantitative estimate of drug-likeness (QED) is 0.398. The lowest BCUT2D eigenvalue weighted by Gasteiger charge is -2.19. The van der Waals surface area contributed by atoms with Crippen LogP contribution in [0, 0.1) is 10.1 Å². The van der Waals surface area contributed by atoms with Crippen LogP contribution in [0.15, 0.2) is 30.5 Å². The van der Waals surface area contributed by atoms with Crippen molar-refractivity contribution in [2.75, 3.05) is 32.1 Å². The molecule has 0 aliphatic rings. The molecule has 2 heterocycles. The molecule has 1 amide bonds. The molecule has 0 bridgehead atoms. The van der Waals surface area contributed by atoms with Crippen LogP contribution in [0.3, 0.4) is 0 Å². The van der Waals surface area contributed by atoms with Gasteiger partial charge in [0.1, 0.15) is 12.7 Å². The maximum Gasteiger partial charge on any atom is 0.350 e. The fraction of sp³-hybridized carbons (Fsp3) is 0.421. The lowest BCUT2D eigenvalue weighted by molar-refractivity contribution is -0.385. The van der Waals surface area contributed by atoms with Gasteiger partial charge in [0.25, 0.3) is 0 Å². The summed E-state index contributed by atoms with van der Waals surface area (Å²) in [5.74, 6) is -0.101. The minimum absolute atomic E-state index is 0.140. The van der Waals surface area contributed by atoms with E-state index in [0.29, 0.717) is 12.5 Å². The van der Waals surface area contributed by atoms with Gasteiger partial charge in [0.2, 0.25) is 11.9 Å². The van der Waals surface area contributed by atoms with Crippen LogP contribution in [0.4, 0.5) is 11.6 Å². The summed E-state index contributed by atoms with van der Waals surface area (Å²) in [6, 6.07) is 7.67. The number of imidazole rings is 1. The first-order valence-electron chi connectivity index (χ1n) is 9.70. The van der Waals surface area contributed by atoms with Crippen molar-refractivity contribution in [2.45, 2.75) is 26.9 Å². The van der Waals surface area contributed by atoms with Crippen LogP contribution < -0.4 is 10.1 Å². The van der Waals surface area contributed by atoms with Gasteiger partial charge in [-0.05, 0) is 25.2 Å². The van der Waals surface area contributed by atoms with Crippen LogP contribution in [0.25, 0.3) is 11.0 Å². The Bertz CT molecular complexity index is 1040. The molecule has 30 heavy (non-hydrogen) atoms. The number of likely N-dealkylation sites (N-methyl/N-ethyl adjacent to an activating group) is 1. The van der Waals surface area contributed by atoms with Gasteiger partial charge in [0.05, 0.1) is 23.1 Å². The van der Waals surface area contributed by atoms with Gasteiger partial charge in [0, 0.05) is 13.1 Å². The molecule has 0 fully saturated rings. The maximum absolute atomic E-state index is 12.6. The van der Waals surface area contributed by atoms with Crippen molar-refractivity contribution in [3.8, 4) is 5.88 Å². The fourth-order valence-corrected chi connectivity index (χ4v) is 3.23. The fourth-order valence-electron chi connectivity index (χ4n) is 3.23. The van der Waals surface area contributed by atoms with Gasteiger partial charge >= 0.3 is 11.6 Å². The summed E-state index contributed by atoms with van der Waals surface area (Å²) in [5.41, 5.74) is 1.41. The standard InChI is InChI=1S/C19H25N7O4/c1-4-23(5-2)10-11-25-15-9-7-6-8-14(15)20-19(25)21-17(27)13-24-12-16(26(28)29)18(22-24)30-3/h6-9,12H,4-5,10-11,13H2,1-3H3,(H,20,21,27). The molecule has 0 aliphatic carbocycles. The smallest absolute Gasteiger partial charge is 0.350 e. The number of methoxy groups -OCH3 is 1. The van der Waals surface area contributed by atoms with E-state index in [2.05, 4.69) is 34.1 Å². The number of para-hydroxylation sites is 2. The first-order valence-corrected chi connectivity index (χ1v) is 9.70. The van der Waals surface area contributed by atoms with Gasteiger partial charge in [-0.25, -0.2) is 4.98 Å². The van der Waals surface area contributed by atoms with Crippen molar-refractivity contribution in [1.29, 1.82) is 0 Å². The Balaban J connectivity index is 1.80. The number of nitrogens with one attached hydrogen (secondary N) is 1. The van der Waals surface area contributed by atoms with E-state index < -0.39 is 10.8 Å². The van der Waals surface area contributed by atoms with Crippen LogP contribution in [-0.2, 0) is 17.9 Å². The van der Waals surface area contributed by atoms with E-state index in [1.807, 2.05) is 28.8 Å². The minimum atomic E-state index is -0.604. The van der Waals surface area contributed by atoms with Gasteiger partial charge < -0.3 is 14.2 Å². The highest BCUT2D eigenvalue weighted by Gasteiger charge is 2.22. The highest BCUT2D eigenvalue weighted by molar-refractivity contribution is 5.91. The summed E-state index contributed by atoms with van der Waals surface area (Å²) in [6.45, 7) is 7.36. The molecule has 0 atom stereocenters. The predicted molar refractivity (Wildman–Crippen MR) is 112 cm³/mol. The Kier molecular flexibility index (Phi) is 6.62. The number of benzene rings is 1. The van der Waals surface area contributed by atoms with Gasteiger partial charge in [-0.15, -0.1) is 5.10 Å². The Hall–Kier alpha value is -3.47. The van der Waals surface area contributed by atoms with Gasteiger partial charge in [-0.1, -0.05) is 26.0 Å². The molecular formula is C19H25N7O4. The third-order valence-electron chi connectivity index (χ3n) is 4.85. The van der Waals surface area contributed by atoms with Crippen molar-refractivity contribution in [3.05, 3.63) is 40.6 Å². The highest BCUT2D eigenvalue weighted by atomic mass is 16.6. The normalized spacial score (nSPS) is 11.2. The van der Waals surface area contributed by atoms with Crippen molar-refractivity contribution < 1.29 is 14.5 Å². The molecule has 0 spiro atoms. The Morgan fingerprint density at radius 1 is 1.30 bits per heavy atom. The van der Waals surface area contributed by atoms with E-state index >= 15 is 0 Å². The molecule has 160 valence electrons. The van der Waals surface area contributed by atoms with Gasteiger partial charge in [-0.3, -0.25) is 24.9 Å². The van der Waals surface area contributed by atoms with Crippen LogP contribution >= 0.6 is 0 Å². The maximum atomic E-state index is 12.6. The summed E-state index contributed by atoms with van der Waals surface area (Å²) in [7, 11) is 1.29. The molecule has 11 nitrogen and oxygen atoms in total. The van der Waals surface area contributed by atoms with E-state index in [4.69, 9.17) is 4.74 Å². The number of fused-ring (bicyclic) bond motifs is 1. The van der Waals surface area contributed by atoms with Gasteiger partial charge in [0.15, 0.2) is 0 Å². The second-order valence-corrected chi connectivity index (χ2v) is 6.63.